The Morgan fingerprint density at radius 3 is 2.24 bits per heavy atom. The molecular weight excluding hydrogens is 370 g/mol. The van der Waals surface area contributed by atoms with E-state index in [0.717, 1.165) is 0 Å². The third kappa shape index (κ3) is 5.38. The first-order valence-corrected chi connectivity index (χ1v) is 7.68. The summed E-state index contributed by atoms with van der Waals surface area (Å²) >= 11 is 0.410. The minimum atomic E-state index is -5.02. The molecule has 0 radical (unpaired) electrons. The number of para-hydroxylation sites is 1. The maximum atomic E-state index is 13.0. The van der Waals surface area contributed by atoms with Crippen LogP contribution in [0.25, 0.3) is 0 Å². The average molecular weight is 380 g/mol. The number of nitrogens with one attached hydrogen (secondary N) is 1. The third-order valence-corrected chi connectivity index (χ3v) is 3.89. The number of hydrogen-bond donors (Lipinski definition) is 1. The molecule has 1 amide bonds. The molecule has 0 saturated carbocycles. The van der Waals surface area contributed by atoms with E-state index in [1.807, 2.05) is 0 Å². The average Bonchev–Trinajstić information content (AvgIpc) is 2.52. The van der Waals surface area contributed by atoms with Gasteiger partial charge in [0, 0.05) is 11.9 Å². The molecule has 0 unspecified atom stereocenters. The number of amides is 1. The zero-order chi connectivity index (χ0) is 18.7. The Labute approximate surface area is 142 Å². The Morgan fingerprint density at radius 2 is 1.68 bits per heavy atom. The molecule has 1 heterocycles. The van der Waals surface area contributed by atoms with Gasteiger partial charge in [0.05, 0.1) is 16.9 Å². The molecule has 0 bridgehead atoms. The number of carbonyl (C=O) groups excluding carboxylic acids is 1. The predicted octanol–water partition coefficient (Wildman–Crippen LogP) is 4.85. The van der Waals surface area contributed by atoms with Crippen LogP contribution in [0.2, 0.25) is 0 Å². The molecule has 3 nitrogen and oxygen atoms in total. The number of alkyl halides is 6. The molecule has 0 aliphatic heterocycles. The molecule has 134 valence electrons. The van der Waals surface area contributed by atoms with Crippen LogP contribution in [-0.2, 0) is 17.1 Å². The van der Waals surface area contributed by atoms with Crippen molar-refractivity contribution < 1.29 is 31.1 Å². The minimum absolute atomic E-state index is 0.00949. The standard InChI is InChI=1S/C15H10F6N2OS/c16-14(17,18)9-6-11(15(19,20)21)13(22-7-9)25-8-12(24)23-10-4-2-1-3-5-10/h1-7H,8H2,(H,23,24). The normalized spacial score (nSPS) is 12.1. The van der Waals surface area contributed by atoms with Crippen LogP contribution < -0.4 is 5.32 Å². The van der Waals surface area contributed by atoms with Gasteiger partial charge in [-0.1, -0.05) is 30.0 Å². The lowest BCUT2D eigenvalue weighted by atomic mass is 10.2. The fourth-order valence-electron chi connectivity index (χ4n) is 1.78. The zero-order valence-corrected chi connectivity index (χ0v) is 13.1. The molecule has 0 saturated heterocycles. The van der Waals surface area contributed by atoms with Gasteiger partial charge in [0.1, 0.15) is 5.03 Å². The maximum Gasteiger partial charge on any atom is 0.419 e. The highest BCUT2D eigenvalue weighted by Crippen LogP contribution is 2.39. The van der Waals surface area contributed by atoms with E-state index in [-0.39, 0.29) is 6.07 Å². The monoisotopic (exact) mass is 380 g/mol. The van der Waals surface area contributed by atoms with Crippen molar-refractivity contribution in [3.05, 3.63) is 53.7 Å². The van der Waals surface area contributed by atoms with E-state index in [1.165, 1.54) is 0 Å². The lowest BCUT2D eigenvalue weighted by molar-refractivity contribution is -0.145. The Hall–Kier alpha value is -2.23. The lowest BCUT2D eigenvalue weighted by Gasteiger charge is -2.14. The van der Waals surface area contributed by atoms with Gasteiger partial charge in [-0.3, -0.25) is 4.79 Å². The number of nitrogens with zero attached hydrogens (tertiary/aromatic N) is 1. The second-order valence-electron chi connectivity index (χ2n) is 4.78. The molecule has 10 heteroatoms. The molecular formula is C15H10F6N2OS. The van der Waals surface area contributed by atoms with Gasteiger partial charge >= 0.3 is 12.4 Å². The number of aromatic nitrogens is 1. The van der Waals surface area contributed by atoms with Gasteiger partial charge in [0.2, 0.25) is 5.91 Å². The number of benzene rings is 1. The van der Waals surface area contributed by atoms with E-state index in [4.69, 9.17) is 0 Å². The van der Waals surface area contributed by atoms with Gasteiger partial charge in [0.25, 0.3) is 0 Å². The Balaban J connectivity index is 2.14. The molecule has 2 aromatic rings. The van der Waals surface area contributed by atoms with Crippen LogP contribution in [0.5, 0.6) is 0 Å². The van der Waals surface area contributed by atoms with Gasteiger partial charge in [0.15, 0.2) is 0 Å². The Morgan fingerprint density at radius 1 is 1.04 bits per heavy atom. The SMILES string of the molecule is O=C(CSc1ncc(C(F)(F)F)cc1C(F)(F)F)Nc1ccccc1. The van der Waals surface area contributed by atoms with Crippen molar-refractivity contribution in [2.75, 3.05) is 11.1 Å². The minimum Gasteiger partial charge on any atom is -0.325 e. The smallest absolute Gasteiger partial charge is 0.325 e. The summed E-state index contributed by atoms with van der Waals surface area (Å²) in [5.41, 5.74) is -2.58. The zero-order valence-electron chi connectivity index (χ0n) is 12.3. The number of thioether (sulfide) groups is 1. The first-order chi connectivity index (χ1) is 11.6. The van der Waals surface area contributed by atoms with E-state index in [9.17, 15) is 31.1 Å². The molecule has 1 aromatic carbocycles. The van der Waals surface area contributed by atoms with Crippen molar-refractivity contribution in [3.8, 4) is 0 Å². The quantitative estimate of drug-likeness (QED) is 0.609. The van der Waals surface area contributed by atoms with Crippen LogP contribution in [0.15, 0.2) is 47.6 Å². The summed E-state index contributed by atoms with van der Waals surface area (Å²) in [5, 5.41) is 1.77. The summed E-state index contributed by atoms with van der Waals surface area (Å²) in [4.78, 5) is 15.0. The van der Waals surface area contributed by atoms with Crippen molar-refractivity contribution >= 4 is 23.4 Å². The maximum absolute atomic E-state index is 13.0. The first kappa shape index (κ1) is 19.1. The summed E-state index contributed by atoms with van der Waals surface area (Å²) in [6, 6.07) is 8.18. The van der Waals surface area contributed by atoms with Crippen LogP contribution >= 0.6 is 11.8 Å². The topological polar surface area (TPSA) is 42.0 Å². The number of pyridine rings is 1. The van der Waals surface area contributed by atoms with Crippen molar-refractivity contribution in [1.29, 1.82) is 0 Å². The highest BCUT2D eigenvalue weighted by atomic mass is 32.2. The van der Waals surface area contributed by atoms with Gasteiger partial charge in [-0.25, -0.2) is 4.98 Å². The molecule has 1 aromatic heterocycles. The number of anilines is 1. The molecule has 25 heavy (non-hydrogen) atoms. The second kappa shape index (κ2) is 7.34. The summed E-state index contributed by atoms with van der Waals surface area (Å²) in [6.07, 6.45) is -9.65. The number of rotatable bonds is 4. The molecule has 0 atom stereocenters. The van der Waals surface area contributed by atoms with E-state index in [1.54, 1.807) is 30.3 Å². The summed E-state index contributed by atoms with van der Waals surface area (Å²) < 4.78 is 76.6. The fourth-order valence-corrected chi connectivity index (χ4v) is 2.58. The third-order valence-electron chi connectivity index (χ3n) is 2.88. The van der Waals surface area contributed by atoms with Crippen molar-refractivity contribution in [3.63, 3.8) is 0 Å². The van der Waals surface area contributed by atoms with E-state index in [0.29, 0.717) is 23.6 Å². The number of carbonyl (C=O) groups is 1. The van der Waals surface area contributed by atoms with E-state index >= 15 is 0 Å². The highest BCUT2D eigenvalue weighted by molar-refractivity contribution is 8.00. The molecule has 0 aliphatic rings. The molecule has 2 rings (SSSR count). The van der Waals surface area contributed by atoms with Gasteiger partial charge in [-0.2, -0.15) is 26.3 Å². The van der Waals surface area contributed by atoms with Crippen LogP contribution in [0.4, 0.5) is 32.0 Å². The Kier molecular flexibility index (Phi) is 5.61. The van der Waals surface area contributed by atoms with Crippen LogP contribution in [0.3, 0.4) is 0 Å². The largest absolute Gasteiger partial charge is 0.419 e. The van der Waals surface area contributed by atoms with Crippen molar-refractivity contribution in [1.82, 2.24) is 4.98 Å². The van der Waals surface area contributed by atoms with Crippen LogP contribution in [-0.4, -0.2) is 16.6 Å². The summed E-state index contributed by atoms with van der Waals surface area (Å²) in [7, 11) is 0. The Bertz CT molecular complexity index is 746. The highest BCUT2D eigenvalue weighted by Gasteiger charge is 2.39. The summed E-state index contributed by atoms with van der Waals surface area (Å²) in [5.74, 6) is -1.04. The number of hydrogen-bond acceptors (Lipinski definition) is 3. The fraction of sp³-hybridized carbons (Fsp3) is 0.200. The van der Waals surface area contributed by atoms with Gasteiger partial charge in [-0.15, -0.1) is 0 Å². The first-order valence-electron chi connectivity index (χ1n) is 6.69. The number of halogens is 6. The van der Waals surface area contributed by atoms with E-state index in [2.05, 4.69) is 10.3 Å². The molecule has 0 aliphatic carbocycles. The summed E-state index contributed by atoms with van der Waals surface area (Å²) in [6.45, 7) is 0. The van der Waals surface area contributed by atoms with Crippen LogP contribution in [0.1, 0.15) is 11.1 Å². The van der Waals surface area contributed by atoms with Crippen molar-refractivity contribution in [2.24, 2.45) is 0 Å². The molecule has 0 spiro atoms. The van der Waals surface area contributed by atoms with Gasteiger partial charge in [-0.05, 0) is 18.2 Å². The van der Waals surface area contributed by atoms with E-state index < -0.39 is 40.2 Å². The van der Waals surface area contributed by atoms with Crippen LogP contribution in [0, 0.1) is 0 Å². The molecule has 0 fully saturated rings. The predicted molar refractivity (Wildman–Crippen MR) is 80.0 cm³/mol. The van der Waals surface area contributed by atoms with Crippen molar-refractivity contribution in [2.45, 2.75) is 17.4 Å². The van der Waals surface area contributed by atoms with Gasteiger partial charge < -0.3 is 5.32 Å². The lowest BCUT2D eigenvalue weighted by Crippen LogP contribution is -2.16. The molecule has 1 N–H and O–H groups in total. The second-order valence-corrected chi connectivity index (χ2v) is 5.74.